The Bertz CT molecular complexity index is 222. The average Bonchev–Trinajstić information content (AvgIpc) is 2.53. The largest absolute Gasteiger partial charge is 0.239 e. The van der Waals surface area contributed by atoms with E-state index in [2.05, 4.69) is 38.2 Å². The van der Waals surface area contributed by atoms with Crippen LogP contribution in [0, 0.1) is 0 Å². The molecule has 0 N–H and O–H groups in total. The summed E-state index contributed by atoms with van der Waals surface area (Å²) in [7, 11) is 0. The van der Waals surface area contributed by atoms with Crippen molar-refractivity contribution in [3.05, 3.63) is 12.2 Å². The molecular formula is C21H42N. The molecule has 1 nitrogen and oxygen atoms in total. The van der Waals surface area contributed by atoms with Crippen molar-refractivity contribution in [2.45, 2.75) is 117 Å². The summed E-state index contributed by atoms with van der Waals surface area (Å²) in [5, 5.41) is 4.63. The zero-order chi connectivity index (χ0) is 16.3. The molecule has 0 heterocycles. The van der Waals surface area contributed by atoms with Gasteiger partial charge in [-0.3, -0.25) is 0 Å². The smallest absolute Gasteiger partial charge is 0.0217 e. The van der Waals surface area contributed by atoms with E-state index in [0.29, 0.717) is 6.04 Å². The van der Waals surface area contributed by atoms with Crippen LogP contribution in [0.25, 0.3) is 0 Å². The normalized spacial score (nSPS) is 13.0. The minimum absolute atomic E-state index is 0.586. The molecule has 131 valence electrons. The summed E-state index contributed by atoms with van der Waals surface area (Å²) in [6.45, 7) is 7.80. The van der Waals surface area contributed by atoms with Gasteiger partial charge in [0.1, 0.15) is 0 Å². The molecule has 0 rings (SSSR count). The van der Waals surface area contributed by atoms with E-state index in [1.807, 2.05) is 0 Å². The van der Waals surface area contributed by atoms with E-state index in [1.165, 1.54) is 89.9 Å². The summed E-state index contributed by atoms with van der Waals surface area (Å²) in [6.07, 6.45) is 23.8. The third kappa shape index (κ3) is 17.8. The molecule has 0 aliphatic rings. The van der Waals surface area contributed by atoms with Crippen molar-refractivity contribution < 1.29 is 0 Å². The first-order chi connectivity index (χ1) is 10.8. The van der Waals surface area contributed by atoms with Crippen LogP contribution in [-0.4, -0.2) is 12.6 Å². The molecule has 1 unspecified atom stereocenters. The van der Waals surface area contributed by atoms with Gasteiger partial charge in [0.05, 0.1) is 0 Å². The van der Waals surface area contributed by atoms with Gasteiger partial charge in [0, 0.05) is 12.6 Å². The van der Waals surface area contributed by atoms with Gasteiger partial charge in [-0.25, -0.2) is 5.32 Å². The van der Waals surface area contributed by atoms with Crippen LogP contribution in [-0.2, 0) is 0 Å². The van der Waals surface area contributed by atoms with Crippen molar-refractivity contribution in [3.63, 3.8) is 0 Å². The second kappa shape index (κ2) is 18.7. The maximum atomic E-state index is 4.63. The highest BCUT2D eigenvalue weighted by Gasteiger charge is 2.00. The van der Waals surface area contributed by atoms with Crippen LogP contribution in [0.5, 0.6) is 0 Å². The molecule has 0 aromatic heterocycles. The lowest BCUT2D eigenvalue weighted by atomic mass is 10.1. The molecule has 1 radical (unpaired) electrons. The van der Waals surface area contributed by atoms with Crippen molar-refractivity contribution in [1.29, 1.82) is 0 Å². The zero-order valence-corrected chi connectivity index (χ0v) is 15.8. The number of hydrogen-bond donors (Lipinski definition) is 0. The minimum Gasteiger partial charge on any atom is -0.239 e. The summed E-state index contributed by atoms with van der Waals surface area (Å²) in [5.74, 6) is 0. The molecule has 0 saturated heterocycles. The maximum absolute atomic E-state index is 4.63. The molecule has 0 aromatic rings. The van der Waals surface area contributed by atoms with Crippen LogP contribution in [0.1, 0.15) is 111 Å². The van der Waals surface area contributed by atoms with E-state index in [0.717, 1.165) is 6.54 Å². The summed E-state index contributed by atoms with van der Waals surface area (Å²) in [6, 6.07) is 0.586. The highest BCUT2D eigenvalue weighted by Crippen LogP contribution is 2.11. The Morgan fingerprint density at radius 2 is 1.23 bits per heavy atom. The second-order valence-electron chi connectivity index (χ2n) is 6.77. The van der Waals surface area contributed by atoms with Gasteiger partial charge in [-0.05, 0) is 45.4 Å². The van der Waals surface area contributed by atoms with Gasteiger partial charge in [0.2, 0.25) is 0 Å². The SMILES string of the molecule is CCCCCC/C=C/CCCCCCCCC(C)[N]CCC. The zero-order valence-electron chi connectivity index (χ0n) is 15.8. The molecule has 0 bridgehead atoms. The fraction of sp³-hybridized carbons (Fsp3) is 0.905. The average molecular weight is 309 g/mol. The molecule has 0 aliphatic heterocycles. The maximum Gasteiger partial charge on any atom is 0.0217 e. The van der Waals surface area contributed by atoms with Crippen molar-refractivity contribution >= 4 is 0 Å². The first kappa shape index (κ1) is 21.7. The van der Waals surface area contributed by atoms with E-state index in [9.17, 15) is 0 Å². The third-order valence-electron chi connectivity index (χ3n) is 4.30. The molecule has 0 saturated carbocycles. The van der Waals surface area contributed by atoms with Crippen LogP contribution in [0.4, 0.5) is 0 Å². The standard InChI is InChI=1S/C21H42N/c1-4-6-7-8-9-10-11-12-13-14-15-16-17-18-19-21(3)22-20-5-2/h10-11,21H,4-9,12-20H2,1-3H3/b11-10+. The lowest BCUT2D eigenvalue weighted by molar-refractivity contribution is 0.470. The van der Waals surface area contributed by atoms with Gasteiger partial charge in [-0.2, -0.15) is 0 Å². The fourth-order valence-electron chi connectivity index (χ4n) is 2.77. The Morgan fingerprint density at radius 3 is 1.82 bits per heavy atom. The van der Waals surface area contributed by atoms with Crippen molar-refractivity contribution in [2.75, 3.05) is 6.54 Å². The van der Waals surface area contributed by atoms with E-state index in [-0.39, 0.29) is 0 Å². The molecule has 0 amide bonds. The highest BCUT2D eigenvalue weighted by atomic mass is 14.9. The monoisotopic (exact) mass is 308 g/mol. The highest BCUT2D eigenvalue weighted by molar-refractivity contribution is 4.81. The molecular weight excluding hydrogens is 266 g/mol. The minimum atomic E-state index is 0.586. The van der Waals surface area contributed by atoms with Crippen LogP contribution >= 0.6 is 0 Å². The van der Waals surface area contributed by atoms with Gasteiger partial charge in [0.15, 0.2) is 0 Å². The lowest BCUT2D eigenvalue weighted by Crippen LogP contribution is -2.18. The van der Waals surface area contributed by atoms with Crippen molar-refractivity contribution in [2.24, 2.45) is 0 Å². The van der Waals surface area contributed by atoms with Gasteiger partial charge in [0.25, 0.3) is 0 Å². The van der Waals surface area contributed by atoms with Crippen LogP contribution in [0.2, 0.25) is 0 Å². The van der Waals surface area contributed by atoms with Gasteiger partial charge >= 0.3 is 0 Å². The summed E-state index contributed by atoms with van der Waals surface area (Å²) in [5.41, 5.74) is 0. The quantitative estimate of drug-likeness (QED) is 0.202. The molecule has 22 heavy (non-hydrogen) atoms. The van der Waals surface area contributed by atoms with Crippen molar-refractivity contribution in [1.82, 2.24) is 5.32 Å². The number of rotatable bonds is 17. The lowest BCUT2D eigenvalue weighted by Gasteiger charge is -2.10. The predicted molar refractivity (Wildman–Crippen MR) is 102 cm³/mol. The Hall–Kier alpha value is -0.300. The molecule has 0 aromatic carbocycles. The molecule has 0 fully saturated rings. The predicted octanol–water partition coefficient (Wildman–Crippen LogP) is 7.04. The summed E-state index contributed by atoms with van der Waals surface area (Å²) >= 11 is 0. The fourth-order valence-corrected chi connectivity index (χ4v) is 2.77. The van der Waals surface area contributed by atoms with Gasteiger partial charge in [-0.15, -0.1) is 0 Å². The van der Waals surface area contributed by atoms with Crippen LogP contribution < -0.4 is 5.32 Å². The van der Waals surface area contributed by atoms with E-state index in [4.69, 9.17) is 0 Å². The summed E-state index contributed by atoms with van der Waals surface area (Å²) < 4.78 is 0. The molecule has 1 heteroatoms. The van der Waals surface area contributed by atoms with Crippen LogP contribution in [0.15, 0.2) is 12.2 Å². The number of unbranched alkanes of at least 4 members (excludes halogenated alkanes) is 10. The summed E-state index contributed by atoms with van der Waals surface area (Å²) in [4.78, 5) is 0. The Labute approximate surface area is 141 Å². The third-order valence-corrected chi connectivity index (χ3v) is 4.30. The second-order valence-corrected chi connectivity index (χ2v) is 6.77. The van der Waals surface area contributed by atoms with Crippen LogP contribution in [0.3, 0.4) is 0 Å². The molecule has 1 atom stereocenters. The van der Waals surface area contributed by atoms with Gasteiger partial charge < -0.3 is 0 Å². The Balaban J connectivity index is 3.12. The topological polar surface area (TPSA) is 14.1 Å². The van der Waals surface area contributed by atoms with E-state index in [1.54, 1.807) is 0 Å². The van der Waals surface area contributed by atoms with Crippen molar-refractivity contribution in [3.8, 4) is 0 Å². The molecule has 0 spiro atoms. The number of hydrogen-bond acceptors (Lipinski definition) is 0. The number of nitrogens with zero attached hydrogens (tertiary/aromatic N) is 1. The van der Waals surface area contributed by atoms with E-state index < -0.39 is 0 Å². The first-order valence-electron chi connectivity index (χ1n) is 10.1. The van der Waals surface area contributed by atoms with E-state index >= 15 is 0 Å². The Kier molecular flexibility index (Phi) is 18.5. The molecule has 0 aliphatic carbocycles. The first-order valence-corrected chi connectivity index (χ1v) is 10.1. The Morgan fingerprint density at radius 1 is 0.682 bits per heavy atom. The van der Waals surface area contributed by atoms with Gasteiger partial charge in [-0.1, -0.05) is 77.4 Å². The number of allylic oxidation sites excluding steroid dienone is 2.